The lowest BCUT2D eigenvalue weighted by molar-refractivity contribution is 0.0158. The average Bonchev–Trinajstić information content (AvgIpc) is 3.09. The zero-order valence-electron chi connectivity index (χ0n) is 13.1. The van der Waals surface area contributed by atoms with E-state index >= 15 is 0 Å². The molecule has 0 spiro atoms. The Balaban J connectivity index is 1.37. The Morgan fingerprint density at radius 1 is 1.09 bits per heavy atom. The minimum absolute atomic E-state index is 0.0797. The van der Waals surface area contributed by atoms with Gasteiger partial charge in [0.1, 0.15) is 6.10 Å². The molecule has 2 N–H and O–H groups in total. The zero-order chi connectivity index (χ0) is 15.8. The summed E-state index contributed by atoms with van der Waals surface area (Å²) in [4.78, 5) is 24.1. The lowest BCUT2D eigenvalue weighted by atomic mass is 9.98. The number of amides is 2. The van der Waals surface area contributed by atoms with Crippen LogP contribution < -0.4 is 10.6 Å². The van der Waals surface area contributed by atoms with E-state index < -0.39 is 0 Å². The van der Waals surface area contributed by atoms with E-state index in [4.69, 9.17) is 4.74 Å². The van der Waals surface area contributed by atoms with Crippen molar-refractivity contribution in [2.24, 2.45) is 11.8 Å². The first-order valence-electron chi connectivity index (χ1n) is 8.56. The molecule has 2 bridgehead atoms. The lowest BCUT2D eigenvalue weighted by Crippen LogP contribution is -2.30. The van der Waals surface area contributed by atoms with Crippen molar-refractivity contribution in [3.05, 3.63) is 29.8 Å². The summed E-state index contributed by atoms with van der Waals surface area (Å²) < 4.78 is 5.70. The summed E-state index contributed by atoms with van der Waals surface area (Å²) in [7, 11) is 0. The standard InChI is InChI=1S/C18H22N2O3/c21-17(23-16-9-11-4-5-12(16)8-11)13-2-1-3-15(10-13)20-18(22)19-14-6-7-14/h1-3,10-12,14,16H,4-9H2,(H2,19,20,22)/t11-,12-,16-/m0/s1. The Kier molecular flexibility index (Phi) is 3.71. The molecule has 4 rings (SSSR count). The predicted octanol–water partition coefficient (Wildman–Crippen LogP) is 3.32. The Morgan fingerprint density at radius 3 is 2.65 bits per heavy atom. The fraction of sp³-hybridized carbons (Fsp3) is 0.556. The van der Waals surface area contributed by atoms with Crippen LogP contribution in [-0.4, -0.2) is 24.1 Å². The number of urea groups is 1. The third kappa shape index (κ3) is 3.33. The first kappa shape index (κ1) is 14.5. The number of anilines is 1. The van der Waals surface area contributed by atoms with Gasteiger partial charge >= 0.3 is 12.0 Å². The van der Waals surface area contributed by atoms with Crippen molar-refractivity contribution in [2.75, 3.05) is 5.32 Å². The van der Waals surface area contributed by atoms with Crippen LogP contribution in [-0.2, 0) is 4.74 Å². The number of hydrogen-bond acceptors (Lipinski definition) is 3. The molecular formula is C18H22N2O3. The number of carbonyl (C=O) groups excluding carboxylic acids is 2. The first-order chi connectivity index (χ1) is 11.2. The van der Waals surface area contributed by atoms with Crippen LogP contribution in [0.25, 0.3) is 0 Å². The third-order valence-corrected chi connectivity index (χ3v) is 5.20. The molecule has 0 radical (unpaired) electrons. The number of fused-ring (bicyclic) bond motifs is 2. The highest BCUT2D eigenvalue weighted by atomic mass is 16.5. The van der Waals surface area contributed by atoms with E-state index in [-0.39, 0.29) is 18.1 Å². The largest absolute Gasteiger partial charge is 0.458 e. The summed E-state index contributed by atoms with van der Waals surface area (Å²) in [5.41, 5.74) is 1.11. The highest BCUT2D eigenvalue weighted by Crippen LogP contribution is 2.46. The number of rotatable bonds is 4. The van der Waals surface area contributed by atoms with Crippen LogP contribution in [0.15, 0.2) is 24.3 Å². The molecule has 23 heavy (non-hydrogen) atoms. The Labute approximate surface area is 135 Å². The third-order valence-electron chi connectivity index (χ3n) is 5.20. The fourth-order valence-corrected chi connectivity index (χ4v) is 3.84. The molecule has 3 atom stereocenters. The van der Waals surface area contributed by atoms with E-state index in [2.05, 4.69) is 10.6 Å². The van der Waals surface area contributed by atoms with Gasteiger partial charge in [-0.3, -0.25) is 0 Å². The molecule has 3 aliphatic carbocycles. The summed E-state index contributed by atoms with van der Waals surface area (Å²) in [6.07, 6.45) is 6.86. The highest BCUT2D eigenvalue weighted by molar-refractivity contribution is 5.94. The van der Waals surface area contributed by atoms with Gasteiger partial charge in [0.25, 0.3) is 0 Å². The van der Waals surface area contributed by atoms with Gasteiger partial charge in [0.05, 0.1) is 5.56 Å². The summed E-state index contributed by atoms with van der Waals surface area (Å²) in [6, 6.07) is 7.05. The molecule has 5 heteroatoms. The first-order valence-corrected chi connectivity index (χ1v) is 8.56. The van der Waals surface area contributed by atoms with Crippen LogP contribution in [0.5, 0.6) is 0 Å². The minimum Gasteiger partial charge on any atom is -0.458 e. The van der Waals surface area contributed by atoms with Gasteiger partial charge in [0.15, 0.2) is 0 Å². The van der Waals surface area contributed by atoms with Crippen molar-refractivity contribution in [3.8, 4) is 0 Å². The molecule has 0 aromatic heterocycles. The second kappa shape index (κ2) is 5.87. The molecule has 5 nitrogen and oxygen atoms in total. The van der Waals surface area contributed by atoms with Gasteiger partial charge in [0, 0.05) is 11.7 Å². The van der Waals surface area contributed by atoms with E-state index in [9.17, 15) is 9.59 Å². The van der Waals surface area contributed by atoms with Crippen LogP contribution in [0.3, 0.4) is 0 Å². The van der Waals surface area contributed by atoms with Gasteiger partial charge in [0.2, 0.25) is 0 Å². The van der Waals surface area contributed by atoms with Crippen molar-refractivity contribution in [1.29, 1.82) is 0 Å². The number of ether oxygens (including phenoxy) is 1. The maximum absolute atomic E-state index is 12.4. The molecule has 2 amide bonds. The Bertz CT molecular complexity index is 626. The van der Waals surface area contributed by atoms with Crippen LogP contribution in [0.4, 0.5) is 10.5 Å². The molecule has 1 aromatic carbocycles. The van der Waals surface area contributed by atoms with E-state index in [0.29, 0.717) is 23.2 Å². The molecule has 0 aliphatic heterocycles. The molecule has 3 fully saturated rings. The van der Waals surface area contributed by atoms with Gasteiger partial charge in [-0.15, -0.1) is 0 Å². The molecule has 0 heterocycles. The maximum Gasteiger partial charge on any atom is 0.338 e. The summed E-state index contributed by atoms with van der Waals surface area (Å²) in [6.45, 7) is 0. The van der Waals surface area contributed by atoms with Crippen LogP contribution in [0.1, 0.15) is 48.9 Å². The number of carbonyl (C=O) groups is 2. The second-order valence-electron chi connectivity index (χ2n) is 7.07. The van der Waals surface area contributed by atoms with Crippen molar-refractivity contribution in [1.82, 2.24) is 5.32 Å². The number of hydrogen-bond donors (Lipinski definition) is 2. The summed E-state index contributed by atoms with van der Waals surface area (Å²) in [5, 5.41) is 5.63. The Hall–Kier alpha value is -2.04. The highest BCUT2D eigenvalue weighted by Gasteiger charge is 2.41. The van der Waals surface area contributed by atoms with Crippen LogP contribution in [0.2, 0.25) is 0 Å². The van der Waals surface area contributed by atoms with Gasteiger partial charge in [-0.2, -0.15) is 0 Å². The van der Waals surface area contributed by atoms with E-state index in [1.54, 1.807) is 24.3 Å². The lowest BCUT2D eigenvalue weighted by Gasteiger charge is -2.22. The number of nitrogens with one attached hydrogen (secondary N) is 2. The summed E-state index contributed by atoms with van der Waals surface area (Å²) in [5.74, 6) is 1.01. The van der Waals surface area contributed by atoms with E-state index in [1.165, 1.54) is 19.3 Å². The predicted molar refractivity (Wildman–Crippen MR) is 86.3 cm³/mol. The maximum atomic E-state index is 12.4. The van der Waals surface area contributed by atoms with Gasteiger partial charge in [-0.25, -0.2) is 9.59 Å². The molecule has 3 aliphatic rings. The molecule has 1 aromatic rings. The number of benzene rings is 1. The minimum atomic E-state index is -0.284. The monoisotopic (exact) mass is 314 g/mol. The quantitative estimate of drug-likeness (QED) is 0.838. The SMILES string of the molecule is O=C(Nc1cccc(C(=O)O[C@H]2C[C@H]3CC[C@H]2C3)c1)NC1CC1. The molecule has 3 saturated carbocycles. The molecular weight excluding hydrogens is 292 g/mol. The van der Waals surface area contributed by atoms with Crippen molar-refractivity contribution in [3.63, 3.8) is 0 Å². The zero-order valence-corrected chi connectivity index (χ0v) is 13.1. The van der Waals surface area contributed by atoms with Gasteiger partial charge in [-0.1, -0.05) is 6.07 Å². The molecule has 0 saturated heterocycles. The molecule has 122 valence electrons. The summed E-state index contributed by atoms with van der Waals surface area (Å²) >= 11 is 0. The fourth-order valence-electron chi connectivity index (χ4n) is 3.84. The number of esters is 1. The average molecular weight is 314 g/mol. The van der Waals surface area contributed by atoms with Crippen molar-refractivity contribution in [2.45, 2.75) is 50.7 Å². The van der Waals surface area contributed by atoms with E-state index in [1.807, 2.05) is 0 Å². The smallest absolute Gasteiger partial charge is 0.338 e. The van der Waals surface area contributed by atoms with Crippen LogP contribution >= 0.6 is 0 Å². The van der Waals surface area contributed by atoms with E-state index in [0.717, 1.165) is 25.2 Å². The van der Waals surface area contributed by atoms with Crippen LogP contribution in [0, 0.1) is 11.8 Å². The topological polar surface area (TPSA) is 67.4 Å². The second-order valence-corrected chi connectivity index (χ2v) is 7.07. The van der Waals surface area contributed by atoms with Crippen molar-refractivity contribution >= 4 is 17.7 Å². The van der Waals surface area contributed by atoms with Crippen molar-refractivity contribution < 1.29 is 14.3 Å². The normalized spacial score (nSPS) is 28.4. The van der Waals surface area contributed by atoms with Gasteiger partial charge in [-0.05, 0) is 68.6 Å². The Morgan fingerprint density at radius 2 is 1.96 bits per heavy atom. The molecule has 0 unspecified atom stereocenters. The van der Waals surface area contributed by atoms with Gasteiger partial charge < -0.3 is 15.4 Å².